The number of hydrogen-bond acceptors (Lipinski definition) is 2. The van der Waals surface area contributed by atoms with Gasteiger partial charge in [0.15, 0.2) is 11.6 Å². The summed E-state index contributed by atoms with van der Waals surface area (Å²) in [5, 5.41) is 7.31. The minimum Gasteiger partial charge on any atom is -0.489 e. The first-order valence-electron chi connectivity index (χ1n) is 5.57. The third-order valence-electron chi connectivity index (χ3n) is 2.53. The number of halogens is 2. The molecule has 0 spiro atoms. The molecule has 0 radical (unpaired) electrons. The van der Waals surface area contributed by atoms with Crippen LogP contribution in [0.3, 0.4) is 0 Å². The second kappa shape index (κ2) is 5.48. The number of hydrogen-bond donors (Lipinski definition) is 2. The van der Waals surface area contributed by atoms with Crippen molar-refractivity contribution < 1.29 is 13.5 Å². The molecule has 0 unspecified atom stereocenters. The number of nitrogens with one attached hydrogen (secondary N) is 1. The molecule has 2 rings (SSSR count). The fourth-order valence-electron chi connectivity index (χ4n) is 1.55. The largest absolute Gasteiger partial charge is 0.489 e. The van der Waals surface area contributed by atoms with Crippen molar-refractivity contribution in [2.75, 3.05) is 0 Å². The lowest BCUT2D eigenvalue weighted by atomic mass is 10.2. The van der Waals surface area contributed by atoms with Gasteiger partial charge in [0, 0.05) is 5.56 Å². The van der Waals surface area contributed by atoms with E-state index < -0.39 is 11.6 Å². The van der Waals surface area contributed by atoms with Gasteiger partial charge in [-0.25, -0.2) is 8.78 Å². The van der Waals surface area contributed by atoms with Gasteiger partial charge in [0.1, 0.15) is 18.2 Å². The predicted molar refractivity (Wildman–Crippen MR) is 68.1 cm³/mol. The summed E-state index contributed by atoms with van der Waals surface area (Å²) in [5.41, 5.74) is 6.43. The number of nitrogen functional groups attached to an aromatic ring is 1. The van der Waals surface area contributed by atoms with E-state index in [-0.39, 0.29) is 12.4 Å². The van der Waals surface area contributed by atoms with E-state index in [0.29, 0.717) is 16.9 Å². The molecule has 0 bridgehead atoms. The van der Waals surface area contributed by atoms with Gasteiger partial charge in [-0.2, -0.15) is 0 Å². The molecule has 98 valence electrons. The first kappa shape index (κ1) is 13.0. The first-order valence-corrected chi connectivity index (χ1v) is 5.57. The van der Waals surface area contributed by atoms with Crippen molar-refractivity contribution in [3.63, 3.8) is 0 Å². The van der Waals surface area contributed by atoms with E-state index in [9.17, 15) is 8.78 Å². The fourth-order valence-corrected chi connectivity index (χ4v) is 1.55. The van der Waals surface area contributed by atoms with Crippen molar-refractivity contribution in [1.82, 2.24) is 0 Å². The van der Waals surface area contributed by atoms with Crippen LogP contribution in [0.1, 0.15) is 11.1 Å². The van der Waals surface area contributed by atoms with Crippen LogP contribution in [0.5, 0.6) is 5.75 Å². The van der Waals surface area contributed by atoms with Gasteiger partial charge in [-0.3, -0.25) is 5.41 Å². The Morgan fingerprint density at radius 3 is 2.58 bits per heavy atom. The molecule has 2 aromatic rings. The number of nitrogens with two attached hydrogens (primary N) is 1. The van der Waals surface area contributed by atoms with Crippen molar-refractivity contribution in [2.45, 2.75) is 6.61 Å². The van der Waals surface area contributed by atoms with E-state index in [4.69, 9.17) is 15.9 Å². The van der Waals surface area contributed by atoms with Gasteiger partial charge in [0.2, 0.25) is 0 Å². The Morgan fingerprint density at radius 2 is 1.89 bits per heavy atom. The molecule has 19 heavy (non-hydrogen) atoms. The van der Waals surface area contributed by atoms with Crippen LogP contribution in [0.4, 0.5) is 8.78 Å². The number of benzene rings is 2. The average molecular weight is 262 g/mol. The quantitative estimate of drug-likeness (QED) is 0.657. The van der Waals surface area contributed by atoms with Crippen molar-refractivity contribution in [3.8, 4) is 5.75 Å². The summed E-state index contributed by atoms with van der Waals surface area (Å²) in [6.45, 7) is 0.110. The molecule has 2 aromatic carbocycles. The summed E-state index contributed by atoms with van der Waals surface area (Å²) >= 11 is 0. The maximum Gasteiger partial charge on any atom is 0.159 e. The van der Waals surface area contributed by atoms with Gasteiger partial charge in [0.25, 0.3) is 0 Å². The fraction of sp³-hybridized carbons (Fsp3) is 0.0714. The molecule has 0 aliphatic heterocycles. The summed E-state index contributed by atoms with van der Waals surface area (Å²) in [6, 6.07) is 10.3. The maximum atomic E-state index is 13.0. The molecule has 0 fully saturated rings. The molecule has 0 aliphatic rings. The zero-order valence-corrected chi connectivity index (χ0v) is 9.99. The lowest BCUT2D eigenvalue weighted by Crippen LogP contribution is -2.10. The standard InChI is InChI=1S/C14H12F2N2O/c15-12-5-4-9(6-13(12)16)8-19-11-3-1-2-10(7-11)14(17)18/h1-7H,8H2,(H3,17,18). The molecule has 3 nitrogen and oxygen atoms in total. The molecule has 3 N–H and O–H groups in total. The Balaban J connectivity index is 2.07. The first-order chi connectivity index (χ1) is 9.06. The Hall–Kier alpha value is -2.43. The van der Waals surface area contributed by atoms with Gasteiger partial charge in [0.05, 0.1) is 0 Å². The van der Waals surface area contributed by atoms with Crippen LogP contribution in [0.15, 0.2) is 42.5 Å². The van der Waals surface area contributed by atoms with Gasteiger partial charge in [-0.15, -0.1) is 0 Å². The van der Waals surface area contributed by atoms with Gasteiger partial charge in [-0.05, 0) is 29.8 Å². The lowest BCUT2D eigenvalue weighted by molar-refractivity contribution is 0.305. The third-order valence-corrected chi connectivity index (χ3v) is 2.53. The van der Waals surface area contributed by atoms with E-state index in [2.05, 4.69) is 0 Å². The molecular formula is C14H12F2N2O. The maximum absolute atomic E-state index is 13.0. The molecule has 0 saturated heterocycles. The molecule has 5 heteroatoms. The number of rotatable bonds is 4. The van der Waals surface area contributed by atoms with E-state index in [0.717, 1.165) is 12.1 Å². The van der Waals surface area contributed by atoms with Crippen molar-refractivity contribution in [1.29, 1.82) is 5.41 Å². The minimum atomic E-state index is -0.904. The van der Waals surface area contributed by atoms with Crippen LogP contribution >= 0.6 is 0 Å². The van der Waals surface area contributed by atoms with Crippen LogP contribution in [-0.2, 0) is 6.61 Å². The highest BCUT2D eigenvalue weighted by atomic mass is 19.2. The second-order valence-electron chi connectivity index (χ2n) is 3.98. The van der Waals surface area contributed by atoms with Crippen LogP contribution in [0, 0.1) is 17.0 Å². The number of amidine groups is 1. The second-order valence-corrected chi connectivity index (χ2v) is 3.98. The van der Waals surface area contributed by atoms with E-state index in [1.54, 1.807) is 24.3 Å². The zero-order chi connectivity index (χ0) is 13.8. The van der Waals surface area contributed by atoms with E-state index >= 15 is 0 Å². The molecule has 0 amide bonds. The monoisotopic (exact) mass is 262 g/mol. The highest BCUT2D eigenvalue weighted by molar-refractivity contribution is 5.95. The number of ether oxygens (including phenoxy) is 1. The zero-order valence-electron chi connectivity index (χ0n) is 9.99. The summed E-state index contributed by atoms with van der Waals surface area (Å²) in [7, 11) is 0. The summed E-state index contributed by atoms with van der Waals surface area (Å²) in [5.74, 6) is -1.34. The Labute approximate surface area is 109 Å². The summed E-state index contributed by atoms with van der Waals surface area (Å²) in [6.07, 6.45) is 0. The lowest BCUT2D eigenvalue weighted by Gasteiger charge is -2.08. The van der Waals surface area contributed by atoms with Crippen molar-refractivity contribution >= 4 is 5.84 Å². The minimum absolute atomic E-state index is 0.0572. The molecule has 0 saturated carbocycles. The van der Waals surface area contributed by atoms with Gasteiger partial charge in [-0.1, -0.05) is 18.2 Å². The molecule has 0 heterocycles. The highest BCUT2D eigenvalue weighted by Crippen LogP contribution is 2.16. The van der Waals surface area contributed by atoms with Crippen LogP contribution in [0.25, 0.3) is 0 Å². The highest BCUT2D eigenvalue weighted by Gasteiger charge is 2.04. The van der Waals surface area contributed by atoms with Crippen molar-refractivity contribution in [2.24, 2.45) is 5.73 Å². The molecule has 0 aromatic heterocycles. The Morgan fingerprint density at radius 1 is 1.11 bits per heavy atom. The molecule has 0 aliphatic carbocycles. The van der Waals surface area contributed by atoms with Crippen molar-refractivity contribution in [3.05, 3.63) is 65.2 Å². The Bertz CT molecular complexity index is 614. The summed E-state index contributed by atoms with van der Waals surface area (Å²) < 4.78 is 31.2. The third kappa shape index (κ3) is 3.28. The normalized spacial score (nSPS) is 10.2. The molecule has 0 atom stereocenters. The van der Waals surface area contributed by atoms with Crippen LogP contribution < -0.4 is 10.5 Å². The van der Waals surface area contributed by atoms with Crippen LogP contribution in [0.2, 0.25) is 0 Å². The SMILES string of the molecule is N=C(N)c1cccc(OCc2ccc(F)c(F)c2)c1. The van der Waals surface area contributed by atoms with Crippen LogP contribution in [-0.4, -0.2) is 5.84 Å². The smallest absolute Gasteiger partial charge is 0.159 e. The van der Waals surface area contributed by atoms with E-state index in [1.807, 2.05) is 0 Å². The van der Waals surface area contributed by atoms with E-state index in [1.165, 1.54) is 6.07 Å². The van der Waals surface area contributed by atoms with Gasteiger partial charge >= 0.3 is 0 Å². The van der Waals surface area contributed by atoms with Gasteiger partial charge < -0.3 is 10.5 Å². The molecular weight excluding hydrogens is 250 g/mol. The summed E-state index contributed by atoms with van der Waals surface area (Å²) in [4.78, 5) is 0. The topological polar surface area (TPSA) is 59.1 Å². The Kier molecular flexibility index (Phi) is 3.75. The average Bonchev–Trinajstić information content (AvgIpc) is 2.40. The predicted octanol–water partition coefficient (Wildman–Crippen LogP) is 2.83.